The highest BCUT2D eigenvalue weighted by Crippen LogP contribution is 2.46. The predicted molar refractivity (Wildman–Crippen MR) is 161 cm³/mol. The number of phenolic OH excluding ortho intramolecular Hbond substituents is 2. The molecule has 0 bridgehead atoms. The van der Waals surface area contributed by atoms with Gasteiger partial charge in [-0.1, -0.05) is 24.3 Å². The monoisotopic (exact) mass is 592 g/mol. The number of methoxy groups -OCH3 is 1. The summed E-state index contributed by atoms with van der Waals surface area (Å²) >= 11 is 0. The molecule has 0 fully saturated rings. The van der Waals surface area contributed by atoms with Gasteiger partial charge in [-0.3, -0.25) is 9.59 Å². The molecule has 0 spiro atoms. The molecule has 0 saturated heterocycles. The van der Waals surface area contributed by atoms with Gasteiger partial charge in [-0.2, -0.15) is 0 Å². The highest BCUT2D eigenvalue weighted by Gasteiger charge is 2.34. The molecule has 0 saturated carbocycles. The Kier molecular flexibility index (Phi) is 6.85. The lowest BCUT2D eigenvalue weighted by Crippen LogP contribution is -2.22. The molecule has 2 aliphatic rings. The molecule has 1 atom stereocenters. The molecule has 1 aromatic heterocycles. The number of benzene rings is 4. The van der Waals surface area contributed by atoms with Gasteiger partial charge in [0, 0.05) is 42.0 Å². The molecular weight excluding hydrogens is 564 g/mol. The van der Waals surface area contributed by atoms with E-state index in [0.29, 0.717) is 30.1 Å². The molecule has 0 amide bonds. The van der Waals surface area contributed by atoms with Crippen molar-refractivity contribution in [2.75, 3.05) is 20.3 Å². The van der Waals surface area contributed by atoms with Crippen molar-refractivity contribution in [1.82, 2.24) is 0 Å². The number of phenols is 2. The number of fused-ring (bicyclic) bond motifs is 4. The molecule has 2 N–H and O–H groups in total. The van der Waals surface area contributed by atoms with E-state index in [1.807, 2.05) is 36.4 Å². The van der Waals surface area contributed by atoms with E-state index in [4.69, 9.17) is 23.4 Å². The summed E-state index contributed by atoms with van der Waals surface area (Å²) in [6.07, 6.45) is 1.62. The highest BCUT2D eigenvalue weighted by molar-refractivity contribution is 5.93. The Hall–Kier alpha value is -5.44. The van der Waals surface area contributed by atoms with Gasteiger partial charge in [0.2, 0.25) is 0 Å². The van der Waals surface area contributed by atoms with Crippen molar-refractivity contribution in [1.29, 1.82) is 0 Å². The third-order valence-electron chi connectivity index (χ3n) is 8.06. The molecule has 0 radical (unpaired) electrons. The number of rotatable bonds is 7. The summed E-state index contributed by atoms with van der Waals surface area (Å²) in [7, 11) is 1.44. The summed E-state index contributed by atoms with van der Waals surface area (Å²) in [5.74, 6) is 0.609. The van der Waals surface area contributed by atoms with Crippen LogP contribution in [0.1, 0.15) is 34.6 Å². The van der Waals surface area contributed by atoms with Crippen LogP contribution in [0.5, 0.6) is 34.5 Å². The molecule has 4 aromatic carbocycles. The lowest BCUT2D eigenvalue weighted by Gasteiger charge is -2.26. The van der Waals surface area contributed by atoms with E-state index in [1.54, 1.807) is 12.1 Å². The molecule has 44 heavy (non-hydrogen) atoms. The largest absolute Gasteiger partial charge is 0.507 e. The van der Waals surface area contributed by atoms with E-state index in [2.05, 4.69) is 6.07 Å². The second-order valence-electron chi connectivity index (χ2n) is 10.8. The van der Waals surface area contributed by atoms with Gasteiger partial charge in [0.25, 0.3) is 0 Å². The van der Waals surface area contributed by atoms with Gasteiger partial charge >= 0.3 is 5.97 Å². The Bertz CT molecular complexity index is 1990. The lowest BCUT2D eigenvalue weighted by atomic mass is 9.85. The van der Waals surface area contributed by atoms with Crippen LogP contribution in [0.4, 0.5) is 0 Å². The number of hydrogen-bond acceptors (Lipinski definition) is 9. The molecule has 222 valence electrons. The average Bonchev–Trinajstić information content (AvgIpc) is 3.48. The van der Waals surface area contributed by atoms with Gasteiger partial charge in [-0.05, 0) is 53.1 Å². The number of aromatic hydroxyl groups is 2. The zero-order valence-corrected chi connectivity index (χ0v) is 23.8. The fourth-order valence-corrected chi connectivity index (χ4v) is 5.93. The van der Waals surface area contributed by atoms with E-state index < -0.39 is 17.3 Å². The summed E-state index contributed by atoms with van der Waals surface area (Å²) in [4.78, 5) is 26.0. The van der Waals surface area contributed by atoms with Crippen LogP contribution < -0.4 is 24.4 Å². The molecule has 1 unspecified atom stereocenters. The van der Waals surface area contributed by atoms with Crippen LogP contribution in [-0.2, 0) is 17.6 Å². The van der Waals surface area contributed by atoms with Crippen molar-refractivity contribution in [3.8, 4) is 45.8 Å². The topological polar surface area (TPSA) is 125 Å². The van der Waals surface area contributed by atoms with E-state index in [0.717, 1.165) is 29.7 Å². The standard InChI is InChI=1S/C35H28O9/c1-40-29-8-6-21(15-25(29)36)30-17-26(37)34-27(38)18-31-33(35(34)44-30)24(16-32(39)43-31)20-3-2-4-23(14-20)41-11-9-19-5-7-28-22(13-19)10-12-42-28/h2-8,13-15,17-18,24,36,38H,9-12,16H2,1H3. The average molecular weight is 593 g/mol. The quantitative estimate of drug-likeness (QED) is 0.176. The molecular formula is C35H28O9. The summed E-state index contributed by atoms with van der Waals surface area (Å²) in [6.45, 7) is 1.17. The fraction of sp³-hybridized carbons (Fsp3) is 0.200. The van der Waals surface area contributed by atoms with Crippen LogP contribution in [0.25, 0.3) is 22.3 Å². The number of esters is 1. The van der Waals surface area contributed by atoms with Crippen molar-refractivity contribution < 1.29 is 38.4 Å². The van der Waals surface area contributed by atoms with E-state index in [9.17, 15) is 19.8 Å². The molecule has 9 nitrogen and oxygen atoms in total. The lowest BCUT2D eigenvalue weighted by molar-refractivity contribution is -0.135. The van der Waals surface area contributed by atoms with Gasteiger partial charge in [0.15, 0.2) is 16.9 Å². The maximum atomic E-state index is 13.3. The molecule has 7 rings (SSSR count). The fourth-order valence-electron chi connectivity index (χ4n) is 5.93. The third kappa shape index (κ3) is 4.96. The first kappa shape index (κ1) is 27.4. The van der Waals surface area contributed by atoms with Crippen molar-refractivity contribution in [3.05, 3.63) is 105 Å². The summed E-state index contributed by atoms with van der Waals surface area (Å²) in [5, 5.41) is 21.1. The van der Waals surface area contributed by atoms with Crippen LogP contribution >= 0.6 is 0 Å². The Labute approximate surface area is 251 Å². The zero-order valence-electron chi connectivity index (χ0n) is 23.8. The van der Waals surface area contributed by atoms with Crippen LogP contribution in [0.3, 0.4) is 0 Å². The molecule has 3 heterocycles. The molecule has 0 aliphatic carbocycles. The number of carbonyl (C=O) groups is 1. The van der Waals surface area contributed by atoms with Crippen LogP contribution in [0.15, 0.2) is 82.0 Å². The van der Waals surface area contributed by atoms with E-state index in [1.165, 1.54) is 30.9 Å². The minimum absolute atomic E-state index is 0.00914. The van der Waals surface area contributed by atoms with Crippen molar-refractivity contribution in [2.45, 2.75) is 25.2 Å². The number of carbonyl (C=O) groups excluding carboxylic acids is 1. The maximum absolute atomic E-state index is 13.3. The zero-order chi connectivity index (χ0) is 30.4. The first-order valence-corrected chi connectivity index (χ1v) is 14.3. The van der Waals surface area contributed by atoms with Gasteiger partial charge in [0.05, 0.1) is 26.7 Å². The van der Waals surface area contributed by atoms with Crippen molar-refractivity contribution in [2.24, 2.45) is 0 Å². The Balaban J connectivity index is 1.24. The first-order valence-electron chi connectivity index (χ1n) is 14.3. The van der Waals surface area contributed by atoms with Gasteiger partial charge < -0.3 is 33.6 Å². The van der Waals surface area contributed by atoms with Gasteiger partial charge in [-0.15, -0.1) is 0 Å². The SMILES string of the molecule is COc1ccc(-c2cc(=O)c3c(O)cc4c(c3o2)C(c2cccc(OCCc3ccc5c(c3)CCO5)c2)CC(=O)O4)cc1O. The minimum atomic E-state index is -0.544. The number of ether oxygens (including phenoxy) is 4. The van der Waals surface area contributed by atoms with E-state index in [-0.39, 0.29) is 46.1 Å². The molecule has 9 heteroatoms. The van der Waals surface area contributed by atoms with Gasteiger partial charge in [-0.25, -0.2) is 0 Å². The first-order chi connectivity index (χ1) is 21.4. The normalized spacial score (nSPS) is 15.3. The van der Waals surface area contributed by atoms with Crippen molar-refractivity contribution >= 4 is 16.9 Å². The summed E-state index contributed by atoms with van der Waals surface area (Å²) < 4.78 is 28.6. The maximum Gasteiger partial charge on any atom is 0.312 e. The summed E-state index contributed by atoms with van der Waals surface area (Å²) in [6, 6.07) is 20.8. The Morgan fingerprint density at radius 3 is 2.66 bits per heavy atom. The molecule has 5 aromatic rings. The summed E-state index contributed by atoms with van der Waals surface area (Å²) in [5.41, 5.74) is 3.64. The van der Waals surface area contributed by atoms with Crippen molar-refractivity contribution in [3.63, 3.8) is 0 Å². The molecule has 2 aliphatic heterocycles. The minimum Gasteiger partial charge on any atom is -0.507 e. The predicted octanol–water partition coefficient (Wildman–Crippen LogP) is 5.88. The van der Waals surface area contributed by atoms with Crippen LogP contribution in [0.2, 0.25) is 0 Å². The number of hydrogen-bond donors (Lipinski definition) is 2. The second-order valence-corrected chi connectivity index (χ2v) is 10.8. The third-order valence-corrected chi connectivity index (χ3v) is 8.06. The van der Waals surface area contributed by atoms with E-state index >= 15 is 0 Å². The van der Waals surface area contributed by atoms with Crippen LogP contribution in [-0.4, -0.2) is 36.5 Å². The smallest absolute Gasteiger partial charge is 0.312 e. The Morgan fingerprint density at radius 1 is 0.932 bits per heavy atom. The van der Waals surface area contributed by atoms with Crippen LogP contribution in [0, 0.1) is 0 Å². The highest BCUT2D eigenvalue weighted by atomic mass is 16.5. The van der Waals surface area contributed by atoms with Gasteiger partial charge in [0.1, 0.15) is 39.7 Å². The second kappa shape index (κ2) is 11.0. The Morgan fingerprint density at radius 2 is 1.82 bits per heavy atom.